The number of nitrogens with two attached hydrogens (primary N) is 1. The minimum atomic E-state index is 0.0225. The summed E-state index contributed by atoms with van der Waals surface area (Å²) in [4.78, 5) is 0.944. The zero-order valence-electron chi connectivity index (χ0n) is 11.9. The van der Waals surface area contributed by atoms with Gasteiger partial charge in [0, 0.05) is 4.90 Å². The fourth-order valence-corrected chi connectivity index (χ4v) is 2.78. The Kier molecular flexibility index (Phi) is 4.35. The number of hydrogen-bond donors (Lipinski definition) is 2. The summed E-state index contributed by atoms with van der Waals surface area (Å²) in [7, 11) is 0. The topological polar surface area (TPSA) is 59.1 Å². The fraction of sp³-hybridized carbons (Fsp3) is 0.188. The summed E-state index contributed by atoms with van der Waals surface area (Å²) in [6.07, 6.45) is 1.96. The highest BCUT2D eigenvalue weighted by molar-refractivity contribution is 7.98. The minimum absolute atomic E-state index is 0.0225. The molecule has 2 aromatic rings. The second-order valence-electron chi connectivity index (χ2n) is 4.67. The van der Waals surface area contributed by atoms with Crippen molar-refractivity contribution < 1.29 is 4.74 Å². The van der Waals surface area contributed by atoms with Crippen LogP contribution in [0.5, 0.6) is 11.5 Å². The predicted molar refractivity (Wildman–Crippen MR) is 85.2 cm³/mol. The van der Waals surface area contributed by atoms with Crippen LogP contribution in [0.15, 0.2) is 41.3 Å². The summed E-state index contributed by atoms with van der Waals surface area (Å²) < 4.78 is 5.94. The molecule has 0 aliphatic rings. The number of hydrogen-bond acceptors (Lipinski definition) is 3. The molecule has 2 aromatic carbocycles. The molecule has 0 radical (unpaired) electrons. The average molecular weight is 286 g/mol. The van der Waals surface area contributed by atoms with E-state index < -0.39 is 0 Å². The van der Waals surface area contributed by atoms with Crippen molar-refractivity contribution in [1.29, 1.82) is 5.41 Å². The van der Waals surface area contributed by atoms with Gasteiger partial charge >= 0.3 is 0 Å². The van der Waals surface area contributed by atoms with Crippen molar-refractivity contribution in [3.63, 3.8) is 0 Å². The first-order valence-electron chi connectivity index (χ1n) is 6.29. The molecule has 2 rings (SSSR count). The lowest BCUT2D eigenvalue weighted by atomic mass is 10.1. The molecule has 0 amide bonds. The van der Waals surface area contributed by atoms with Crippen molar-refractivity contribution in [2.75, 3.05) is 6.26 Å². The second kappa shape index (κ2) is 6.01. The summed E-state index contributed by atoms with van der Waals surface area (Å²) in [6.45, 7) is 4.06. The largest absolute Gasteiger partial charge is 0.457 e. The molecular weight excluding hydrogens is 268 g/mol. The smallest absolute Gasteiger partial charge is 0.139 e. The van der Waals surface area contributed by atoms with Crippen molar-refractivity contribution >= 4 is 17.6 Å². The van der Waals surface area contributed by atoms with E-state index in [-0.39, 0.29) is 5.84 Å². The summed E-state index contributed by atoms with van der Waals surface area (Å²) >= 11 is 1.55. The van der Waals surface area contributed by atoms with E-state index in [0.29, 0.717) is 11.3 Å². The first-order chi connectivity index (χ1) is 9.51. The van der Waals surface area contributed by atoms with Gasteiger partial charge in [-0.15, -0.1) is 11.8 Å². The molecule has 0 saturated carbocycles. The van der Waals surface area contributed by atoms with Crippen LogP contribution in [0.25, 0.3) is 0 Å². The quantitative estimate of drug-likeness (QED) is 0.505. The number of rotatable bonds is 4. The van der Waals surface area contributed by atoms with Crippen LogP contribution >= 0.6 is 11.8 Å². The van der Waals surface area contributed by atoms with Crippen LogP contribution in [0.4, 0.5) is 0 Å². The van der Waals surface area contributed by atoms with Gasteiger partial charge in [0.25, 0.3) is 0 Å². The number of amidine groups is 1. The number of benzene rings is 2. The van der Waals surface area contributed by atoms with Gasteiger partial charge in [-0.25, -0.2) is 0 Å². The normalized spacial score (nSPS) is 10.3. The van der Waals surface area contributed by atoms with Gasteiger partial charge in [0.1, 0.15) is 17.3 Å². The Hall–Kier alpha value is -1.94. The molecule has 0 spiro atoms. The van der Waals surface area contributed by atoms with Crippen molar-refractivity contribution in [1.82, 2.24) is 0 Å². The van der Waals surface area contributed by atoms with Gasteiger partial charge in [0.05, 0.1) is 5.56 Å². The maximum atomic E-state index is 7.76. The van der Waals surface area contributed by atoms with Crippen LogP contribution in [0.1, 0.15) is 16.7 Å². The standard InChI is InChI=1S/C16H18N2OS/c1-10-7-11(2)9-12(8-10)19-13-5-4-6-14(20-3)15(13)16(17)18/h4-9H,1-3H3,(H3,17,18). The number of ether oxygens (including phenoxy) is 1. The Morgan fingerprint density at radius 1 is 1.15 bits per heavy atom. The first-order valence-corrected chi connectivity index (χ1v) is 7.51. The van der Waals surface area contributed by atoms with Crippen LogP contribution in [-0.4, -0.2) is 12.1 Å². The van der Waals surface area contributed by atoms with Gasteiger partial charge in [0.15, 0.2) is 0 Å². The highest BCUT2D eigenvalue weighted by atomic mass is 32.2. The lowest BCUT2D eigenvalue weighted by molar-refractivity contribution is 0.479. The second-order valence-corrected chi connectivity index (χ2v) is 5.52. The number of aryl methyl sites for hydroxylation is 2. The molecule has 104 valence electrons. The maximum Gasteiger partial charge on any atom is 0.139 e. The van der Waals surface area contributed by atoms with E-state index in [0.717, 1.165) is 21.8 Å². The summed E-state index contributed by atoms with van der Waals surface area (Å²) in [6, 6.07) is 11.7. The number of nitrogens with one attached hydrogen (secondary N) is 1. The summed E-state index contributed by atoms with van der Waals surface area (Å²) in [5.74, 6) is 1.41. The molecule has 20 heavy (non-hydrogen) atoms. The number of nitrogen functional groups attached to an aromatic ring is 1. The molecule has 3 nitrogen and oxygen atoms in total. The van der Waals surface area contributed by atoms with Gasteiger partial charge in [-0.2, -0.15) is 0 Å². The Morgan fingerprint density at radius 2 is 1.80 bits per heavy atom. The average Bonchev–Trinajstić information content (AvgIpc) is 2.36. The predicted octanol–water partition coefficient (Wildman–Crippen LogP) is 4.10. The van der Waals surface area contributed by atoms with Gasteiger partial charge in [-0.3, -0.25) is 5.41 Å². The van der Waals surface area contributed by atoms with E-state index in [1.165, 1.54) is 0 Å². The van der Waals surface area contributed by atoms with Gasteiger partial charge < -0.3 is 10.5 Å². The molecule has 0 fully saturated rings. The van der Waals surface area contributed by atoms with E-state index in [4.69, 9.17) is 15.9 Å². The first kappa shape index (κ1) is 14.5. The Labute approximate surface area is 123 Å². The van der Waals surface area contributed by atoms with E-state index in [2.05, 4.69) is 6.07 Å². The van der Waals surface area contributed by atoms with Crippen molar-refractivity contribution in [2.24, 2.45) is 5.73 Å². The fourth-order valence-electron chi connectivity index (χ4n) is 2.15. The Bertz CT molecular complexity index is 633. The van der Waals surface area contributed by atoms with E-state index in [1.54, 1.807) is 11.8 Å². The minimum Gasteiger partial charge on any atom is -0.457 e. The van der Waals surface area contributed by atoms with E-state index in [9.17, 15) is 0 Å². The monoisotopic (exact) mass is 286 g/mol. The Morgan fingerprint density at radius 3 is 2.35 bits per heavy atom. The van der Waals surface area contributed by atoms with Crippen molar-refractivity contribution in [2.45, 2.75) is 18.7 Å². The molecule has 0 bridgehead atoms. The lowest BCUT2D eigenvalue weighted by Gasteiger charge is -2.14. The third-order valence-corrected chi connectivity index (χ3v) is 3.68. The van der Waals surface area contributed by atoms with E-state index in [1.807, 2.05) is 50.4 Å². The Balaban J connectivity index is 2.45. The van der Waals surface area contributed by atoms with Crippen LogP contribution in [0.3, 0.4) is 0 Å². The number of thioether (sulfide) groups is 1. The van der Waals surface area contributed by atoms with E-state index >= 15 is 0 Å². The molecule has 0 heterocycles. The highest BCUT2D eigenvalue weighted by Gasteiger charge is 2.13. The summed E-state index contributed by atoms with van der Waals surface area (Å²) in [5.41, 5.74) is 8.63. The van der Waals surface area contributed by atoms with Crippen LogP contribution in [-0.2, 0) is 0 Å². The molecule has 3 N–H and O–H groups in total. The third kappa shape index (κ3) is 3.14. The van der Waals surface area contributed by atoms with Crippen molar-refractivity contribution in [3.8, 4) is 11.5 Å². The third-order valence-electron chi connectivity index (χ3n) is 2.90. The van der Waals surface area contributed by atoms with Crippen molar-refractivity contribution in [3.05, 3.63) is 53.1 Å². The molecule has 4 heteroatoms. The molecule has 0 aliphatic heterocycles. The van der Waals surface area contributed by atoms with Gasteiger partial charge in [-0.05, 0) is 55.5 Å². The molecule has 0 aromatic heterocycles. The molecule has 0 aliphatic carbocycles. The molecule has 0 atom stereocenters. The highest BCUT2D eigenvalue weighted by Crippen LogP contribution is 2.32. The molecular formula is C16H18N2OS. The lowest BCUT2D eigenvalue weighted by Crippen LogP contribution is -2.13. The van der Waals surface area contributed by atoms with Gasteiger partial charge in [-0.1, -0.05) is 12.1 Å². The van der Waals surface area contributed by atoms with Crippen LogP contribution < -0.4 is 10.5 Å². The van der Waals surface area contributed by atoms with Crippen LogP contribution in [0, 0.1) is 19.3 Å². The zero-order chi connectivity index (χ0) is 14.7. The summed E-state index contributed by atoms with van der Waals surface area (Å²) in [5, 5.41) is 7.76. The zero-order valence-corrected chi connectivity index (χ0v) is 12.7. The van der Waals surface area contributed by atoms with Crippen LogP contribution in [0.2, 0.25) is 0 Å². The molecule has 0 unspecified atom stereocenters. The molecule has 0 saturated heterocycles. The maximum absolute atomic E-state index is 7.76. The van der Waals surface area contributed by atoms with Gasteiger partial charge in [0.2, 0.25) is 0 Å². The SMILES string of the molecule is CSc1cccc(Oc2cc(C)cc(C)c2)c1C(=N)N.